The molecule has 1 aromatic heterocycles. The second-order valence-corrected chi connectivity index (χ2v) is 4.30. The van der Waals surface area contributed by atoms with Gasteiger partial charge >= 0.3 is 5.82 Å². The second kappa shape index (κ2) is 3.34. The van der Waals surface area contributed by atoms with Gasteiger partial charge in [0.2, 0.25) is 0 Å². The molecule has 0 aliphatic carbocycles. The van der Waals surface area contributed by atoms with E-state index in [2.05, 4.69) is 23.7 Å². The molecule has 0 saturated carbocycles. The van der Waals surface area contributed by atoms with Crippen LogP contribution in [-0.4, -0.2) is 28.4 Å². The first kappa shape index (κ1) is 10.2. The summed E-state index contributed by atoms with van der Waals surface area (Å²) in [6.45, 7) is 5.09. The molecule has 0 aromatic carbocycles. The van der Waals surface area contributed by atoms with Crippen LogP contribution in [0.25, 0.3) is 0 Å². The van der Waals surface area contributed by atoms with Crippen LogP contribution in [0.2, 0.25) is 0 Å². The maximum Gasteiger partial charge on any atom is 0.321 e. The van der Waals surface area contributed by atoms with E-state index in [1.54, 1.807) is 6.07 Å². The van der Waals surface area contributed by atoms with Crippen molar-refractivity contribution in [3.63, 3.8) is 0 Å². The molecule has 2 rings (SSSR count). The summed E-state index contributed by atoms with van der Waals surface area (Å²) in [4.78, 5) is 15.4. The molecule has 5 nitrogen and oxygen atoms in total. The van der Waals surface area contributed by atoms with Gasteiger partial charge in [-0.1, -0.05) is 6.92 Å². The molecule has 0 saturated heterocycles. The van der Waals surface area contributed by atoms with Crippen molar-refractivity contribution in [2.45, 2.75) is 25.8 Å². The number of likely N-dealkylation sites (N-methyl/N-ethyl adjacent to an activating group) is 1. The second-order valence-electron chi connectivity index (χ2n) is 4.30. The number of nitro groups is 1. The van der Waals surface area contributed by atoms with Gasteiger partial charge in [-0.15, -0.1) is 0 Å². The van der Waals surface area contributed by atoms with E-state index in [1.165, 1.54) is 0 Å². The minimum Gasteiger partial charge on any atom is -0.358 e. The zero-order chi connectivity index (χ0) is 11.2. The van der Waals surface area contributed by atoms with Crippen molar-refractivity contribution in [1.29, 1.82) is 0 Å². The third-order valence-corrected chi connectivity index (χ3v) is 3.23. The number of fused-ring (bicyclic) bond motifs is 1. The SMILES string of the molecule is CC1CN(C)C(C)c2cc([N+](=O)[O-])[nH]c21. The molecule has 0 spiro atoms. The first-order chi connectivity index (χ1) is 7.00. The molecule has 0 amide bonds. The van der Waals surface area contributed by atoms with Gasteiger partial charge in [0.05, 0.1) is 0 Å². The largest absolute Gasteiger partial charge is 0.358 e. The lowest BCUT2D eigenvalue weighted by Crippen LogP contribution is -2.32. The summed E-state index contributed by atoms with van der Waals surface area (Å²) in [7, 11) is 2.04. The lowest BCUT2D eigenvalue weighted by Gasteiger charge is -2.32. The summed E-state index contributed by atoms with van der Waals surface area (Å²) >= 11 is 0. The number of rotatable bonds is 1. The highest BCUT2D eigenvalue weighted by Crippen LogP contribution is 2.36. The molecule has 1 aliphatic rings. The Morgan fingerprint density at radius 1 is 1.60 bits per heavy atom. The van der Waals surface area contributed by atoms with Crippen molar-refractivity contribution in [3.8, 4) is 0 Å². The van der Waals surface area contributed by atoms with E-state index < -0.39 is 0 Å². The number of hydrogen-bond donors (Lipinski definition) is 1. The number of nitrogens with zero attached hydrogens (tertiary/aromatic N) is 2. The van der Waals surface area contributed by atoms with Crippen LogP contribution >= 0.6 is 0 Å². The molecule has 1 N–H and O–H groups in total. The summed E-state index contributed by atoms with van der Waals surface area (Å²) in [5.74, 6) is 0.434. The molecule has 15 heavy (non-hydrogen) atoms. The molecule has 2 heterocycles. The van der Waals surface area contributed by atoms with E-state index in [1.807, 2.05) is 7.05 Å². The van der Waals surface area contributed by atoms with Gasteiger partial charge in [0.25, 0.3) is 0 Å². The van der Waals surface area contributed by atoms with Crippen molar-refractivity contribution in [2.24, 2.45) is 0 Å². The Labute approximate surface area is 88.2 Å². The van der Waals surface area contributed by atoms with Crippen molar-refractivity contribution >= 4 is 5.82 Å². The fourth-order valence-corrected chi connectivity index (χ4v) is 2.24. The Kier molecular flexibility index (Phi) is 2.26. The molecule has 0 fully saturated rings. The fourth-order valence-electron chi connectivity index (χ4n) is 2.24. The summed E-state index contributed by atoms with van der Waals surface area (Å²) in [5, 5.41) is 10.7. The third-order valence-electron chi connectivity index (χ3n) is 3.23. The molecule has 0 radical (unpaired) electrons. The lowest BCUT2D eigenvalue weighted by molar-refractivity contribution is -0.389. The van der Waals surface area contributed by atoms with Crippen molar-refractivity contribution in [3.05, 3.63) is 27.4 Å². The Bertz CT molecular complexity index is 399. The number of hydrogen-bond acceptors (Lipinski definition) is 3. The Morgan fingerprint density at radius 3 is 2.87 bits per heavy atom. The van der Waals surface area contributed by atoms with Gasteiger partial charge < -0.3 is 10.1 Å². The van der Waals surface area contributed by atoms with E-state index in [4.69, 9.17) is 0 Å². The summed E-state index contributed by atoms with van der Waals surface area (Å²) < 4.78 is 0. The predicted octanol–water partition coefficient (Wildman–Crippen LogP) is 2.03. The van der Waals surface area contributed by atoms with Gasteiger partial charge in [-0.25, -0.2) is 4.98 Å². The topological polar surface area (TPSA) is 62.2 Å². The van der Waals surface area contributed by atoms with Crippen LogP contribution in [0.1, 0.15) is 37.1 Å². The maximum absolute atomic E-state index is 10.7. The Balaban J connectivity index is 2.47. The molecule has 5 heteroatoms. The average molecular weight is 209 g/mol. The molecule has 82 valence electrons. The van der Waals surface area contributed by atoms with Gasteiger partial charge in [0.15, 0.2) is 0 Å². The Morgan fingerprint density at radius 2 is 2.27 bits per heavy atom. The van der Waals surface area contributed by atoms with Crippen LogP contribution in [0.15, 0.2) is 6.07 Å². The minimum atomic E-state index is -0.363. The smallest absolute Gasteiger partial charge is 0.321 e. The van der Waals surface area contributed by atoms with E-state index in [-0.39, 0.29) is 16.8 Å². The third kappa shape index (κ3) is 1.52. The van der Waals surface area contributed by atoms with Crippen molar-refractivity contribution in [2.75, 3.05) is 13.6 Å². The standard InChI is InChI=1S/C10H15N3O2/c1-6-5-12(3)7(2)8-4-9(13(14)15)11-10(6)8/h4,6-7,11H,5H2,1-3H3. The van der Waals surface area contributed by atoms with Gasteiger partial charge in [-0.3, -0.25) is 4.90 Å². The molecule has 1 aliphatic heterocycles. The molecule has 0 bridgehead atoms. The van der Waals surface area contributed by atoms with E-state index in [9.17, 15) is 10.1 Å². The van der Waals surface area contributed by atoms with Crippen LogP contribution < -0.4 is 0 Å². The van der Waals surface area contributed by atoms with Crippen LogP contribution in [0.3, 0.4) is 0 Å². The van der Waals surface area contributed by atoms with Crippen LogP contribution in [0.4, 0.5) is 5.82 Å². The van der Waals surface area contributed by atoms with Crippen LogP contribution in [0.5, 0.6) is 0 Å². The van der Waals surface area contributed by atoms with E-state index >= 15 is 0 Å². The predicted molar refractivity (Wildman–Crippen MR) is 56.9 cm³/mol. The lowest BCUT2D eigenvalue weighted by atomic mass is 9.94. The van der Waals surface area contributed by atoms with Gasteiger partial charge in [-0.2, -0.15) is 0 Å². The van der Waals surface area contributed by atoms with Crippen LogP contribution in [0, 0.1) is 10.1 Å². The van der Waals surface area contributed by atoms with E-state index in [0.717, 1.165) is 17.8 Å². The van der Waals surface area contributed by atoms with Gasteiger partial charge in [0, 0.05) is 30.1 Å². The summed E-state index contributed by atoms with van der Waals surface area (Å²) in [6, 6.07) is 1.91. The highest BCUT2D eigenvalue weighted by Gasteiger charge is 2.31. The van der Waals surface area contributed by atoms with Gasteiger partial charge in [0.1, 0.15) is 5.69 Å². The van der Waals surface area contributed by atoms with Crippen LogP contribution in [-0.2, 0) is 0 Å². The molecule has 2 atom stereocenters. The van der Waals surface area contributed by atoms with Crippen molar-refractivity contribution in [1.82, 2.24) is 9.88 Å². The molecule has 2 unspecified atom stereocenters. The first-order valence-corrected chi connectivity index (χ1v) is 5.08. The highest BCUT2D eigenvalue weighted by molar-refractivity contribution is 5.39. The number of H-pyrrole nitrogens is 1. The van der Waals surface area contributed by atoms with E-state index in [0.29, 0.717) is 5.92 Å². The first-order valence-electron chi connectivity index (χ1n) is 5.08. The molecular weight excluding hydrogens is 194 g/mol. The zero-order valence-electron chi connectivity index (χ0n) is 9.15. The minimum absolute atomic E-state index is 0.106. The summed E-state index contributed by atoms with van der Waals surface area (Å²) in [6.07, 6.45) is 0. The number of aromatic amines is 1. The fraction of sp³-hybridized carbons (Fsp3) is 0.600. The molecule has 1 aromatic rings. The number of nitrogens with one attached hydrogen (secondary N) is 1. The van der Waals surface area contributed by atoms with Gasteiger partial charge in [-0.05, 0) is 18.9 Å². The van der Waals surface area contributed by atoms with Crippen molar-refractivity contribution < 1.29 is 4.92 Å². The number of aromatic nitrogens is 1. The Hall–Kier alpha value is -1.36. The monoisotopic (exact) mass is 209 g/mol. The zero-order valence-corrected chi connectivity index (χ0v) is 9.15. The highest BCUT2D eigenvalue weighted by atomic mass is 16.6. The normalized spacial score (nSPS) is 26.3. The maximum atomic E-state index is 10.7. The molecular formula is C10H15N3O2. The quantitative estimate of drug-likeness (QED) is 0.568. The summed E-state index contributed by atoms with van der Waals surface area (Å²) in [5.41, 5.74) is 2.08. The average Bonchev–Trinajstić information content (AvgIpc) is 2.59.